The lowest BCUT2D eigenvalue weighted by Crippen LogP contribution is -2.27. The van der Waals surface area contributed by atoms with Crippen molar-refractivity contribution in [1.82, 2.24) is 0 Å². The van der Waals surface area contributed by atoms with Crippen molar-refractivity contribution in [2.75, 3.05) is 32.6 Å². The van der Waals surface area contributed by atoms with Crippen LogP contribution in [0.3, 0.4) is 0 Å². The van der Waals surface area contributed by atoms with Crippen molar-refractivity contribution in [2.24, 2.45) is 5.10 Å². The van der Waals surface area contributed by atoms with Crippen molar-refractivity contribution in [1.29, 1.82) is 0 Å². The summed E-state index contributed by atoms with van der Waals surface area (Å²) < 4.78 is 0.675. The fourth-order valence-corrected chi connectivity index (χ4v) is 1.49. The van der Waals surface area contributed by atoms with Crippen LogP contribution in [-0.2, 0) is 0 Å². The monoisotopic (exact) mass is 189 g/mol. The van der Waals surface area contributed by atoms with Crippen molar-refractivity contribution in [2.45, 2.75) is 19.8 Å². The Morgan fingerprint density at radius 1 is 1.33 bits per heavy atom. The first kappa shape index (κ1) is 12.0. The van der Waals surface area contributed by atoms with E-state index in [1.54, 1.807) is 0 Å². The molecule has 0 saturated heterocycles. The highest BCUT2D eigenvalue weighted by molar-refractivity contribution is 7.99. The van der Waals surface area contributed by atoms with E-state index in [4.69, 9.17) is 0 Å². The summed E-state index contributed by atoms with van der Waals surface area (Å²) in [5.41, 5.74) is 0. The van der Waals surface area contributed by atoms with E-state index in [-0.39, 0.29) is 0 Å². The molecular formula is C9H21N2S+. The van der Waals surface area contributed by atoms with Crippen LogP contribution in [0, 0.1) is 0 Å². The van der Waals surface area contributed by atoms with Crippen molar-refractivity contribution in [3.63, 3.8) is 0 Å². The van der Waals surface area contributed by atoms with Gasteiger partial charge in [-0.25, -0.2) is 4.59 Å². The van der Waals surface area contributed by atoms with Gasteiger partial charge in [-0.2, -0.15) is 11.8 Å². The Morgan fingerprint density at radius 3 is 2.50 bits per heavy atom. The minimum atomic E-state index is 0.675. The Kier molecular flexibility index (Phi) is 6.48. The van der Waals surface area contributed by atoms with Gasteiger partial charge in [0.1, 0.15) is 0 Å². The van der Waals surface area contributed by atoms with E-state index in [0.717, 1.165) is 5.75 Å². The van der Waals surface area contributed by atoms with Gasteiger partial charge in [0.2, 0.25) is 0 Å². The Bertz CT molecular complexity index is 127. The average molecular weight is 189 g/mol. The molecular weight excluding hydrogens is 168 g/mol. The molecule has 0 spiro atoms. The maximum absolute atomic E-state index is 4.35. The predicted octanol–water partition coefficient (Wildman–Crippen LogP) is 2.21. The molecule has 0 aromatic carbocycles. The SMILES string of the molecule is CCCCSCC=N[N+](C)(C)C. The van der Waals surface area contributed by atoms with Crippen LogP contribution in [-0.4, -0.2) is 43.5 Å². The zero-order chi connectivity index (χ0) is 9.45. The summed E-state index contributed by atoms with van der Waals surface area (Å²) in [5, 5.41) is 4.35. The Balaban J connectivity index is 3.25. The highest BCUT2D eigenvalue weighted by Crippen LogP contribution is 2.02. The summed E-state index contributed by atoms with van der Waals surface area (Å²) >= 11 is 1.96. The van der Waals surface area contributed by atoms with E-state index >= 15 is 0 Å². The van der Waals surface area contributed by atoms with Gasteiger partial charge in [0.05, 0.1) is 27.4 Å². The summed E-state index contributed by atoms with van der Waals surface area (Å²) in [6.45, 7) is 2.22. The largest absolute Gasteiger partial charge is 0.205 e. The van der Waals surface area contributed by atoms with E-state index in [1.807, 2.05) is 18.0 Å². The zero-order valence-corrected chi connectivity index (χ0v) is 9.52. The van der Waals surface area contributed by atoms with Gasteiger partial charge in [-0.3, -0.25) is 0 Å². The molecule has 0 amide bonds. The van der Waals surface area contributed by atoms with Crippen LogP contribution in [0.1, 0.15) is 19.8 Å². The van der Waals surface area contributed by atoms with Crippen LogP contribution >= 0.6 is 11.8 Å². The first-order chi connectivity index (χ1) is 5.56. The normalized spacial score (nSPS) is 12.7. The summed E-state index contributed by atoms with van der Waals surface area (Å²) in [6.07, 6.45) is 4.63. The second-order valence-electron chi connectivity index (χ2n) is 3.67. The summed E-state index contributed by atoms with van der Waals surface area (Å²) in [7, 11) is 6.19. The molecule has 0 aliphatic heterocycles. The molecule has 0 aliphatic carbocycles. The quantitative estimate of drug-likeness (QED) is 0.270. The van der Waals surface area contributed by atoms with Crippen LogP contribution in [0.25, 0.3) is 0 Å². The molecule has 0 aromatic rings. The second kappa shape index (κ2) is 6.49. The van der Waals surface area contributed by atoms with E-state index in [9.17, 15) is 0 Å². The van der Waals surface area contributed by atoms with E-state index in [0.29, 0.717) is 4.59 Å². The van der Waals surface area contributed by atoms with Crippen LogP contribution < -0.4 is 0 Å². The average Bonchev–Trinajstić information content (AvgIpc) is 1.94. The van der Waals surface area contributed by atoms with Gasteiger partial charge in [0.25, 0.3) is 0 Å². The lowest BCUT2D eigenvalue weighted by Gasteiger charge is -2.14. The highest BCUT2D eigenvalue weighted by atomic mass is 32.2. The topological polar surface area (TPSA) is 12.4 Å². The number of unbranched alkanes of at least 4 members (excludes halogenated alkanes) is 1. The number of quaternary nitrogens is 1. The van der Waals surface area contributed by atoms with Gasteiger partial charge >= 0.3 is 0 Å². The maximum Gasteiger partial charge on any atom is 0.0923 e. The predicted molar refractivity (Wildman–Crippen MR) is 58.8 cm³/mol. The van der Waals surface area contributed by atoms with Crippen molar-refractivity contribution in [3.05, 3.63) is 0 Å². The standard InChI is InChI=1S/C9H21N2S/c1-5-6-8-12-9-7-10-11(2,3)4/h7H,5-6,8-9H2,1-4H3/q+1. The molecule has 0 aliphatic rings. The molecule has 0 heterocycles. The minimum absolute atomic E-state index is 0.675. The molecule has 0 unspecified atom stereocenters. The number of thioether (sulfide) groups is 1. The molecule has 0 bridgehead atoms. The lowest BCUT2D eigenvalue weighted by atomic mass is 10.4. The lowest BCUT2D eigenvalue weighted by molar-refractivity contribution is -0.876. The molecule has 0 radical (unpaired) electrons. The number of hydrogen-bond acceptors (Lipinski definition) is 2. The van der Waals surface area contributed by atoms with Crippen LogP contribution in [0.4, 0.5) is 0 Å². The van der Waals surface area contributed by atoms with Crippen LogP contribution in [0.5, 0.6) is 0 Å². The van der Waals surface area contributed by atoms with Gasteiger partial charge in [0, 0.05) is 5.75 Å². The first-order valence-corrected chi connectivity index (χ1v) is 5.65. The van der Waals surface area contributed by atoms with Crippen LogP contribution in [0.2, 0.25) is 0 Å². The summed E-state index contributed by atoms with van der Waals surface area (Å²) in [6, 6.07) is 0. The van der Waals surface area contributed by atoms with Gasteiger partial charge in [-0.15, -0.1) is 0 Å². The number of rotatable bonds is 6. The molecule has 0 fully saturated rings. The van der Waals surface area contributed by atoms with E-state index in [2.05, 4.69) is 33.2 Å². The van der Waals surface area contributed by atoms with Crippen LogP contribution in [0.15, 0.2) is 5.10 Å². The zero-order valence-electron chi connectivity index (χ0n) is 8.71. The first-order valence-electron chi connectivity index (χ1n) is 4.49. The van der Waals surface area contributed by atoms with Gasteiger partial charge in [-0.05, 0) is 12.2 Å². The second-order valence-corrected chi connectivity index (χ2v) is 4.82. The van der Waals surface area contributed by atoms with Gasteiger partial charge in [-0.1, -0.05) is 18.4 Å². The van der Waals surface area contributed by atoms with Crippen molar-refractivity contribution in [3.8, 4) is 0 Å². The van der Waals surface area contributed by atoms with Gasteiger partial charge in [0.15, 0.2) is 0 Å². The third kappa shape index (κ3) is 9.98. The minimum Gasteiger partial charge on any atom is -0.205 e. The molecule has 2 nitrogen and oxygen atoms in total. The third-order valence-electron chi connectivity index (χ3n) is 1.26. The molecule has 3 heteroatoms. The molecule has 0 saturated carbocycles. The third-order valence-corrected chi connectivity index (χ3v) is 2.22. The molecule has 0 N–H and O–H groups in total. The number of nitrogens with zero attached hydrogens (tertiary/aromatic N) is 2. The summed E-state index contributed by atoms with van der Waals surface area (Å²) in [5.74, 6) is 2.31. The fraction of sp³-hybridized carbons (Fsp3) is 0.889. The molecule has 72 valence electrons. The maximum atomic E-state index is 4.35. The molecule has 0 aromatic heterocycles. The molecule has 0 rings (SSSR count). The van der Waals surface area contributed by atoms with Gasteiger partial charge < -0.3 is 0 Å². The smallest absolute Gasteiger partial charge is 0.0923 e. The molecule has 0 atom stereocenters. The Labute approximate surface area is 80.6 Å². The fourth-order valence-electron chi connectivity index (χ4n) is 0.661. The Morgan fingerprint density at radius 2 is 2.00 bits per heavy atom. The van der Waals surface area contributed by atoms with E-state index in [1.165, 1.54) is 18.6 Å². The molecule has 12 heavy (non-hydrogen) atoms. The highest BCUT2D eigenvalue weighted by Gasteiger charge is 1.99. The van der Waals surface area contributed by atoms with E-state index < -0.39 is 0 Å². The summed E-state index contributed by atoms with van der Waals surface area (Å²) in [4.78, 5) is 0. The Hall–Kier alpha value is -0.0200. The number of hydrogen-bond donors (Lipinski definition) is 0. The van der Waals surface area contributed by atoms with Crippen molar-refractivity contribution >= 4 is 18.0 Å². The van der Waals surface area contributed by atoms with Crippen molar-refractivity contribution < 1.29 is 4.59 Å².